The summed E-state index contributed by atoms with van der Waals surface area (Å²) in [4.78, 5) is 48.4. The van der Waals surface area contributed by atoms with E-state index in [1.54, 1.807) is 0 Å². The van der Waals surface area contributed by atoms with Crippen LogP contribution >= 0.6 is 0 Å². The fourth-order valence-corrected chi connectivity index (χ4v) is 0. The Morgan fingerprint density at radius 2 is 0.550 bits per heavy atom. The van der Waals surface area contributed by atoms with Crippen LogP contribution in [0.25, 0.3) is 0 Å². The summed E-state index contributed by atoms with van der Waals surface area (Å²) in [7, 11) is 0. The molecule has 0 fully saturated rings. The summed E-state index contributed by atoms with van der Waals surface area (Å²) >= 11 is 0. The Balaban J connectivity index is -0.0000000141. The normalized spacial score (nSPS) is 3.60. The van der Waals surface area contributed by atoms with E-state index in [1.807, 2.05) is 0 Å². The molecule has 0 heterocycles. The van der Waals surface area contributed by atoms with Gasteiger partial charge in [-0.25, -0.2) is 0 Å². The van der Waals surface area contributed by atoms with E-state index < -0.39 is 0 Å². The molecule has 0 aromatic heterocycles. The van der Waals surface area contributed by atoms with Gasteiger partial charge >= 0.3 is 37.7 Å². The zero-order valence-corrected chi connectivity index (χ0v) is 10.7. The minimum absolute atomic E-state index is 0. The minimum atomic E-state index is 0. The molecule has 0 spiro atoms. The van der Waals surface area contributed by atoms with Crippen molar-refractivity contribution in [3.63, 3.8) is 0 Å². The van der Waals surface area contributed by atoms with Crippen molar-refractivity contribution < 1.29 is 20.8 Å². The Bertz CT molecular complexity index is 119. The van der Waals surface area contributed by atoms with E-state index in [1.165, 1.54) is 21.4 Å². The zero-order chi connectivity index (χ0) is 16.2. The molecule has 0 saturated carbocycles. The predicted molar refractivity (Wildman–Crippen MR) is 65.7 cm³/mol. The van der Waals surface area contributed by atoms with E-state index in [0.29, 0.717) is 0 Å². The molecule has 18 nitrogen and oxygen atoms in total. The molecule has 20 heteroatoms. The number of nitrogens with zero attached hydrogens (tertiary/aromatic N) is 6. The molecule has 0 aliphatic heterocycles. The van der Waals surface area contributed by atoms with Crippen LogP contribution in [-0.2, 0) is 0 Å². The molecule has 4 N–H and O–H groups in total. The number of rotatable bonds is 0. The molecule has 116 valence electrons. The first-order chi connectivity index (χ1) is 8.49. The number of hydrogen-bond donors (Lipinski definition) is 4. The Labute approximate surface area is 141 Å². The van der Waals surface area contributed by atoms with Gasteiger partial charge < -0.3 is 41.1 Å². The number of hydrogen-bond acceptors (Lipinski definition) is 14. The van der Waals surface area contributed by atoms with Crippen molar-refractivity contribution in [1.82, 2.24) is 0 Å². The van der Waals surface area contributed by atoms with Crippen molar-refractivity contribution in [2.75, 3.05) is 0 Å². The first-order valence-corrected chi connectivity index (χ1v) is 2.26. The summed E-state index contributed by atoms with van der Waals surface area (Å²) in [5.74, 6) is 0. The second-order valence-electron chi connectivity index (χ2n) is 0.476. The summed E-state index contributed by atoms with van der Waals surface area (Å²) in [5, 5.41) is 49.6. The molecule has 0 bridgehead atoms. The molecule has 0 aromatic rings. The topological polar surface area (TPSA) is 304 Å². The smallest absolute Gasteiger partial charge is 0.444 e. The molecule has 0 aliphatic carbocycles. The fourth-order valence-electron chi connectivity index (χ4n) is 0. The Morgan fingerprint density at radius 1 is 0.550 bits per heavy atom. The van der Waals surface area contributed by atoms with E-state index in [2.05, 4.69) is 0 Å². The van der Waals surface area contributed by atoms with E-state index in [9.17, 15) is 0 Å². The molecule has 20 heavy (non-hydrogen) atoms. The molecule has 0 aliphatic rings. The van der Waals surface area contributed by atoms with Crippen molar-refractivity contribution in [2.45, 2.75) is 0 Å². The maximum Gasteiger partial charge on any atom is 2.00 e. The SMILES string of the molecule is O=NO.O=NO.O=NO.O=NO.O=N[O-].O=N[O-].[Ca+2].[SiH4]. The monoisotopic (exact) mass is 352 g/mol. The largest absolute Gasteiger partial charge is 2.00 e. The minimum Gasteiger partial charge on any atom is -0.444 e. The van der Waals surface area contributed by atoms with E-state index in [0.717, 1.165) is 10.7 Å². The van der Waals surface area contributed by atoms with Gasteiger partial charge in [0, 0.05) is 0 Å². The van der Waals surface area contributed by atoms with Crippen molar-refractivity contribution in [3.8, 4) is 0 Å². The van der Waals surface area contributed by atoms with Gasteiger partial charge in [0.15, 0.2) is 21.4 Å². The molecule has 0 amide bonds. The zero-order valence-electron chi connectivity index (χ0n) is 8.45. The van der Waals surface area contributed by atoms with Crippen LogP contribution in [0.2, 0.25) is 0 Å². The summed E-state index contributed by atoms with van der Waals surface area (Å²) in [5.41, 5.74) is 0. The Kier molecular flexibility index (Phi) is 739. The van der Waals surface area contributed by atoms with Gasteiger partial charge in [-0.15, -0.1) is 30.3 Å². The third-order valence-corrected chi connectivity index (χ3v) is 0. The first-order valence-electron chi connectivity index (χ1n) is 2.26. The molecule has 0 atom stereocenters. The molecular weight excluding hydrogens is 344 g/mol. The maximum absolute atomic E-state index is 8.11. The van der Waals surface area contributed by atoms with Gasteiger partial charge in [0.25, 0.3) is 0 Å². The van der Waals surface area contributed by atoms with E-state index in [-0.39, 0.29) is 48.7 Å². The Morgan fingerprint density at radius 3 is 0.550 bits per heavy atom. The van der Waals surface area contributed by atoms with Gasteiger partial charge in [-0.05, 0) is 11.0 Å². The summed E-state index contributed by atoms with van der Waals surface area (Å²) in [6.07, 6.45) is 0. The fraction of sp³-hybridized carbons (Fsp3) is 0. The van der Waals surface area contributed by atoms with Crippen LogP contribution < -0.4 is 0 Å². The molecule has 0 saturated heterocycles. The molecule has 0 unspecified atom stereocenters. The van der Waals surface area contributed by atoms with Crippen LogP contribution in [0, 0.1) is 39.9 Å². The molecular formula is H8CaN6O12Si. The summed E-state index contributed by atoms with van der Waals surface area (Å²) < 4.78 is 0. The third kappa shape index (κ3) is 779. The standard InChI is InChI=1S/Ca.6HNO2.H4Si/c;6*2-1-3;/h;6*(H,2,3);1H4/q+2;;;;;;;/p-2. The molecule has 0 radical (unpaired) electrons. The quantitative estimate of drug-likeness (QED) is 0.237. The van der Waals surface area contributed by atoms with Gasteiger partial charge in [-0.1, -0.05) is 0 Å². The van der Waals surface area contributed by atoms with Crippen molar-refractivity contribution in [3.05, 3.63) is 39.9 Å². The van der Waals surface area contributed by atoms with Crippen molar-refractivity contribution in [1.29, 1.82) is 0 Å². The van der Waals surface area contributed by atoms with Gasteiger partial charge in [-0.3, -0.25) is 0 Å². The third-order valence-electron chi connectivity index (χ3n) is 0. The second kappa shape index (κ2) is 283. The summed E-state index contributed by atoms with van der Waals surface area (Å²) in [6.45, 7) is 0. The average Bonchev–Trinajstić information content (AvgIpc) is 2.23. The van der Waals surface area contributed by atoms with Crippen LogP contribution in [0.15, 0.2) is 32.0 Å². The van der Waals surface area contributed by atoms with Crippen LogP contribution in [0.3, 0.4) is 0 Å². The second-order valence-corrected chi connectivity index (χ2v) is 0.476. The van der Waals surface area contributed by atoms with Gasteiger partial charge in [0.2, 0.25) is 0 Å². The Hall–Kier alpha value is -2.12. The van der Waals surface area contributed by atoms with Crippen LogP contribution in [0.5, 0.6) is 0 Å². The van der Waals surface area contributed by atoms with E-state index >= 15 is 0 Å². The van der Waals surface area contributed by atoms with E-state index in [4.69, 9.17) is 60.7 Å². The summed E-state index contributed by atoms with van der Waals surface area (Å²) in [6, 6.07) is 0. The predicted octanol–water partition coefficient (Wildman–Crippen LogP) is -0.763. The van der Waals surface area contributed by atoms with Crippen LogP contribution in [0.4, 0.5) is 0 Å². The van der Waals surface area contributed by atoms with Crippen LogP contribution in [-0.4, -0.2) is 69.5 Å². The molecule has 0 aromatic carbocycles. The van der Waals surface area contributed by atoms with Gasteiger partial charge in [-0.2, -0.15) is 0 Å². The van der Waals surface area contributed by atoms with Crippen molar-refractivity contribution in [2.24, 2.45) is 32.0 Å². The van der Waals surface area contributed by atoms with Gasteiger partial charge in [0.1, 0.15) is 0 Å². The first kappa shape index (κ1) is 52.2. The molecule has 0 rings (SSSR count). The average molecular weight is 352 g/mol. The van der Waals surface area contributed by atoms with Crippen molar-refractivity contribution >= 4 is 48.7 Å². The van der Waals surface area contributed by atoms with Crippen LogP contribution in [0.1, 0.15) is 0 Å². The van der Waals surface area contributed by atoms with Gasteiger partial charge in [0.05, 0.1) is 0 Å². The maximum atomic E-state index is 8.11.